The van der Waals surface area contributed by atoms with Crippen LogP contribution in [-0.2, 0) is 9.09 Å². The van der Waals surface area contributed by atoms with Crippen molar-refractivity contribution in [3.8, 4) is 0 Å². The van der Waals surface area contributed by atoms with Gasteiger partial charge in [0.1, 0.15) is 0 Å². The summed E-state index contributed by atoms with van der Waals surface area (Å²) >= 11 is 0. The van der Waals surface area contributed by atoms with E-state index < -0.39 is 14.3 Å². The van der Waals surface area contributed by atoms with Crippen LogP contribution in [0.4, 0.5) is 8.59 Å². The molecule has 0 aliphatic rings. The van der Waals surface area contributed by atoms with Crippen LogP contribution in [0.2, 0.25) is 0 Å². The van der Waals surface area contributed by atoms with Crippen molar-refractivity contribution >= 4 is 7.91 Å². The van der Waals surface area contributed by atoms with E-state index >= 15 is 0 Å². The van der Waals surface area contributed by atoms with Crippen molar-refractivity contribution in [3.05, 3.63) is 12.7 Å². The van der Waals surface area contributed by atoms with Crippen LogP contribution in [0.5, 0.6) is 0 Å². The lowest BCUT2D eigenvalue weighted by Gasteiger charge is -2.02. The van der Waals surface area contributed by atoms with E-state index in [9.17, 15) is 13.2 Å². The Labute approximate surface area is 50.6 Å². The van der Waals surface area contributed by atoms with Gasteiger partial charge in [0.05, 0.1) is 0 Å². The third-order valence-electron chi connectivity index (χ3n) is 0.416. The summed E-state index contributed by atoms with van der Waals surface area (Å²) in [7, 11) is -5.18. The van der Waals surface area contributed by atoms with Gasteiger partial charge in [-0.05, 0) is 6.08 Å². The predicted octanol–water partition coefficient (Wildman–Crippen LogP) is 1.55. The van der Waals surface area contributed by atoms with E-state index in [0.717, 1.165) is 0 Å². The fraction of sp³-hybridized carbons (Fsp3) is 0.333. The molecule has 0 saturated carbocycles. The zero-order valence-electron chi connectivity index (χ0n) is 4.33. The first-order chi connectivity index (χ1) is 3.95. The monoisotopic (exact) mass is 158 g/mol. The van der Waals surface area contributed by atoms with Crippen LogP contribution in [0, 0.1) is 0 Å². The second-order valence-electron chi connectivity index (χ2n) is 1.14. The maximum Gasteiger partial charge on any atom is 0.513 e. The molecule has 0 saturated heterocycles. The van der Waals surface area contributed by atoms with Gasteiger partial charge in [-0.1, -0.05) is 6.58 Å². The maximum absolute atomic E-state index is 11.7. The summed E-state index contributed by atoms with van der Waals surface area (Å²) in [6.07, 6.45) is -1.67. The van der Waals surface area contributed by atoms with Crippen molar-refractivity contribution in [1.29, 1.82) is 0 Å². The van der Waals surface area contributed by atoms with E-state index in [2.05, 4.69) is 11.1 Å². The molecule has 0 aliphatic carbocycles. The predicted molar refractivity (Wildman–Crippen MR) is 27.1 cm³/mol. The number of rotatable bonds is 3. The molecule has 1 N–H and O–H groups in total. The van der Waals surface area contributed by atoms with Crippen molar-refractivity contribution in [2.75, 3.05) is 0 Å². The van der Waals surface area contributed by atoms with Crippen molar-refractivity contribution in [2.45, 2.75) is 6.36 Å². The first kappa shape index (κ1) is 8.75. The average molecular weight is 158 g/mol. The Bertz CT molecular complexity index is 142. The molecule has 0 heterocycles. The largest absolute Gasteiger partial charge is 0.513 e. The van der Waals surface area contributed by atoms with Gasteiger partial charge in [-0.2, -0.15) is 0 Å². The van der Waals surface area contributed by atoms with E-state index in [4.69, 9.17) is 4.89 Å². The minimum atomic E-state index is -5.18. The molecule has 0 fully saturated rings. The molecule has 0 aromatic carbocycles. The quantitative estimate of drug-likeness (QED) is 0.500. The Balaban J connectivity index is 3.74. The molecule has 6 heteroatoms. The maximum atomic E-state index is 11.7. The zero-order valence-corrected chi connectivity index (χ0v) is 5.22. The summed E-state index contributed by atoms with van der Waals surface area (Å²) in [5.74, 6) is 0. The van der Waals surface area contributed by atoms with Crippen molar-refractivity contribution in [2.24, 2.45) is 0 Å². The van der Waals surface area contributed by atoms with Gasteiger partial charge in [0, 0.05) is 0 Å². The lowest BCUT2D eigenvalue weighted by atomic mass is 10.7. The molecule has 2 unspecified atom stereocenters. The van der Waals surface area contributed by atoms with Gasteiger partial charge in [0.15, 0.2) is 0 Å². The van der Waals surface area contributed by atoms with E-state index in [1.807, 2.05) is 0 Å². The van der Waals surface area contributed by atoms with E-state index in [1.165, 1.54) is 0 Å². The Hall–Kier alpha value is -0.250. The van der Waals surface area contributed by atoms with Crippen molar-refractivity contribution in [3.63, 3.8) is 0 Å². The molecule has 9 heavy (non-hydrogen) atoms. The summed E-state index contributed by atoms with van der Waals surface area (Å²) in [4.78, 5) is 7.70. The summed E-state index contributed by atoms with van der Waals surface area (Å²) in [6, 6.07) is 0. The number of halogens is 2. The second-order valence-corrected chi connectivity index (χ2v) is 2.26. The molecule has 0 amide bonds. The molecule has 0 aliphatic heterocycles. The summed E-state index contributed by atoms with van der Waals surface area (Å²) in [6.45, 7) is 2.85. The van der Waals surface area contributed by atoms with Crippen LogP contribution in [0.25, 0.3) is 0 Å². The van der Waals surface area contributed by atoms with Gasteiger partial charge >= 0.3 is 7.91 Å². The molecular formula is C3H5F2O3P. The number of alkyl halides is 1. The van der Waals surface area contributed by atoms with Crippen LogP contribution in [0.1, 0.15) is 0 Å². The topological polar surface area (TPSA) is 46.5 Å². The summed E-state index contributed by atoms with van der Waals surface area (Å²) in [5, 5.41) is 0. The number of hydrogen-bond donors (Lipinski definition) is 1. The standard InChI is InChI=1S/C3H5F2O3P/c1-2-3(4)8-9(5,6)7/h2-3H,1H2,(H,6,7). The molecule has 0 spiro atoms. The van der Waals surface area contributed by atoms with Gasteiger partial charge in [0.2, 0.25) is 6.36 Å². The highest BCUT2D eigenvalue weighted by Crippen LogP contribution is 2.44. The SMILES string of the molecule is C=CC(F)OP(=O)(O)F. The molecule has 54 valence electrons. The molecule has 0 bridgehead atoms. The molecule has 0 aromatic heterocycles. The lowest BCUT2D eigenvalue weighted by molar-refractivity contribution is 0.0847. The molecule has 2 atom stereocenters. The van der Waals surface area contributed by atoms with Crippen LogP contribution >= 0.6 is 7.91 Å². The third kappa shape index (κ3) is 5.62. The summed E-state index contributed by atoms with van der Waals surface area (Å²) in [5.41, 5.74) is 0. The molecule has 0 radical (unpaired) electrons. The van der Waals surface area contributed by atoms with Crippen molar-refractivity contribution in [1.82, 2.24) is 0 Å². The summed E-state index contributed by atoms with van der Waals surface area (Å²) < 4.78 is 36.0. The van der Waals surface area contributed by atoms with Crippen LogP contribution < -0.4 is 0 Å². The van der Waals surface area contributed by atoms with E-state index in [-0.39, 0.29) is 0 Å². The van der Waals surface area contributed by atoms with E-state index in [0.29, 0.717) is 6.08 Å². The van der Waals surface area contributed by atoms with Crippen molar-refractivity contribution < 1.29 is 22.6 Å². The normalized spacial score (nSPS) is 20.3. The third-order valence-corrected chi connectivity index (χ3v) is 0.877. The second kappa shape index (κ2) is 3.06. The highest BCUT2D eigenvalue weighted by Gasteiger charge is 2.21. The van der Waals surface area contributed by atoms with Gasteiger partial charge in [-0.15, -0.1) is 4.20 Å². The van der Waals surface area contributed by atoms with Gasteiger partial charge < -0.3 is 0 Å². The molecular weight excluding hydrogens is 153 g/mol. The van der Waals surface area contributed by atoms with Gasteiger partial charge in [-0.25, -0.2) is 13.5 Å². The van der Waals surface area contributed by atoms with Crippen LogP contribution in [0.3, 0.4) is 0 Å². The Kier molecular flexibility index (Phi) is 2.97. The Morgan fingerprint density at radius 1 is 1.89 bits per heavy atom. The Morgan fingerprint density at radius 2 is 2.33 bits per heavy atom. The average Bonchev–Trinajstić information content (AvgIpc) is 1.62. The zero-order chi connectivity index (χ0) is 7.49. The van der Waals surface area contributed by atoms with E-state index in [1.54, 1.807) is 0 Å². The smallest absolute Gasteiger partial charge is 0.299 e. The van der Waals surface area contributed by atoms with Gasteiger partial charge in [0.25, 0.3) is 0 Å². The fourth-order valence-electron chi connectivity index (χ4n) is 0.167. The highest BCUT2D eigenvalue weighted by molar-refractivity contribution is 7.46. The highest BCUT2D eigenvalue weighted by atomic mass is 31.2. The van der Waals surface area contributed by atoms with Crippen LogP contribution in [0.15, 0.2) is 12.7 Å². The first-order valence-electron chi connectivity index (χ1n) is 1.93. The molecule has 0 aromatic rings. The minimum Gasteiger partial charge on any atom is -0.299 e. The Morgan fingerprint density at radius 3 is 2.44 bits per heavy atom. The lowest BCUT2D eigenvalue weighted by Crippen LogP contribution is -1.96. The number of hydrogen-bond acceptors (Lipinski definition) is 2. The van der Waals surface area contributed by atoms with Gasteiger partial charge in [-0.3, -0.25) is 4.89 Å². The molecule has 3 nitrogen and oxygen atoms in total. The molecule has 0 rings (SSSR count). The minimum absolute atomic E-state index is 0.558. The van der Waals surface area contributed by atoms with Crippen LogP contribution in [-0.4, -0.2) is 11.3 Å². The first-order valence-corrected chi connectivity index (χ1v) is 3.40. The fourth-order valence-corrected chi connectivity index (χ4v) is 0.502.